The van der Waals surface area contributed by atoms with Gasteiger partial charge < -0.3 is 61.8 Å². The molecule has 5 aromatic carbocycles. The number of benzene rings is 5. The van der Waals surface area contributed by atoms with Crippen LogP contribution in [0.1, 0.15) is 118 Å². The zero-order valence-corrected chi connectivity index (χ0v) is 54.5. The Kier molecular flexibility index (Phi) is 25.8. The number of nitrogens with zero attached hydrogens (tertiary/aromatic N) is 1. The lowest BCUT2D eigenvalue weighted by molar-refractivity contribution is -0.581. The van der Waals surface area contributed by atoms with Gasteiger partial charge in [0.05, 0.1) is 52.4 Å². The van der Waals surface area contributed by atoms with Gasteiger partial charge >= 0.3 is 12.1 Å². The summed E-state index contributed by atoms with van der Waals surface area (Å²) in [7, 11) is -2.73. The molecule has 0 aliphatic carbocycles. The minimum atomic E-state index is -2.73. The lowest BCUT2D eigenvalue weighted by Crippen LogP contribution is -2.68. The maximum Gasteiger partial charge on any atom is 0.408 e. The molecule has 2 heterocycles. The molecular weight excluding hydrogens is 1140 g/mol. The van der Waals surface area contributed by atoms with Crippen LogP contribution in [0.25, 0.3) is 0 Å². The Morgan fingerprint density at radius 1 is 0.511 bits per heavy atom. The highest BCUT2D eigenvalue weighted by molar-refractivity contribution is 6.77. The third-order valence-corrected chi connectivity index (χ3v) is 21.7. The molecule has 0 saturated carbocycles. The fourth-order valence-electron chi connectivity index (χ4n) is 11.7. The lowest BCUT2D eigenvalue weighted by atomic mass is 9.94. The zero-order valence-electron chi connectivity index (χ0n) is 53.5. The highest BCUT2D eigenvalue weighted by atomic mass is 28.4. The summed E-state index contributed by atoms with van der Waals surface area (Å²) >= 11 is 0. The van der Waals surface area contributed by atoms with Gasteiger partial charge in [-0.2, -0.15) is 0 Å². The fraction of sp³-hybridized carbons (Fsp3) is 0.536. The van der Waals surface area contributed by atoms with Crippen molar-refractivity contribution in [1.29, 1.82) is 0 Å². The van der Waals surface area contributed by atoms with Crippen LogP contribution >= 0.6 is 0 Å². The molecule has 5 aromatic rings. The first-order chi connectivity index (χ1) is 41.9. The molecule has 0 aromatic heterocycles. The fourth-order valence-corrected chi connectivity index (χ4v) is 17.1. The summed E-state index contributed by atoms with van der Waals surface area (Å²) < 4.78 is 81.8. The highest BCUT2D eigenvalue weighted by Gasteiger charge is 2.60. The minimum Gasteiger partial charge on any atom is -0.458 e. The van der Waals surface area contributed by atoms with Crippen molar-refractivity contribution in [3.05, 3.63) is 190 Å². The van der Waals surface area contributed by atoms with E-state index in [-0.39, 0.29) is 62.9 Å². The van der Waals surface area contributed by atoms with E-state index in [0.717, 1.165) is 27.8 Å². The molecule has 2 aliphatic rings. The van der Waals surface area contributed by atoms with E-state index in [0.29, 0.717) is 0 Å². The van der Waals surface area contributed by atoms with Crippen molar-refractivity contribution < 1.29 is 71.0 Å². The SMILES string of the molecule is CC(C)[Si](OC[C@H]1O[C@H](O[C@H](C)[C@H](NC(=O)OC(C)(C)C)C(=O)OC(C)(C)C)[C@H]([N+](=O)[O-])[C@@H](O[C@@H]2O[C@H](COCc3ccccc3)[C@H](OCc3ccccc3)[C@H](OCc3ccccc3)[C@H]2OCc2ccccc2)[C@H]1OCc1ccccc1)(C(C)C)C(C)C. The number of rotatable bonds is 30. The van der Waals surface area contributed by atoms with Crippen molar-refractivity contribution in [3.8, 4) is 0 Å². The Labute approximate surface area is 521 Å². The van der Waals surface area contributed by atoms with Crippen LogP contribution in [-0.4, -0.2) is 123 Å². The molecule has 12 atom stereocenters. The van der Waals surface area contributed by atoms with E-state index < -0.39 is 110 Å². The maximum absolute atomic E-state index is 14.4. The summed E-state index contributed by atoms with van der Waals surface area (Å²) in [5.41, 5.74) is 2.69. The molecule has 0 spiro atoms. The molecule has 1 N–H and O–H groups in total. The number of hydrogen-bond acceptors (Lipinski definition) is 16. The van der Waals surface area contributed by atoms with E-state index in [1.807, 2.05) is 152 Å². The Bertz CT molecular complexity index is 2840. The van der Waals surface area contributed by atoms with E-state index in [2.05, 4.69) is 46.9 Å². The van der Waals surface area contributed by atoms with Crippen molar-refractivity contribution in [2.75, 3.05) is 13.2 Å². The number of nitro groups is 1. The van der Waals surface area contributed by atoms with Crippen LogP contribution in [0, 0.1) is 10.1 Å². The first kappa shape index (κ1) is 69.5. The number of alkyl carbamates (subject to hydrolysis) is 1. The van der Waals surface area contributed by atoms with Gasteiger partial charge in [0.15, 0.2) is 26.8 Å². The molecule has 1 amide bonds. The normalized spacial score (nSPS) is 23.4. The van der Waals surface area contributed by atoms with E-state index in [1.165, 1.54) is 6.92 Å². The standard InChI is InChI=1S/C69H94N2O16Si/c1-46(2)88(47(3)4,48(5)6)81-45-56-59(77-40-51-31-21-15-22-32-51)61(58(71(74)75)65(83-56)82-49(7)57(64(72)86-68(8,9)10)70-67(73)87-69(11,12)13)85-66-63(80-43-54-37-27-18-28-38-54)62(79-42-53-35-25-17-26-36-53)60(78-41-52-33-23-16-24-34-52)55(84-66)44-76-39-50-29-19-14-20-30-50/h14-38,46-49,55-63,65-66H,39-45H2,1-13H3,(H,70,73)/t49-,55-,56-,57+,58-,59+,60+,61-,62+,63-,65+,66+/m1/s1. The average Bonchev–Trinajstić information content (AvgIpc) is 0.899. The molecular formula is C69H94N2O16Si. The van der Waals surface area contributed by atoms with Crippen LogP contribution in [0.2, 0.25) is 16.6 Å². The summed E-state index contributed by atoms with van der Waals surface area (Å²) in [5, 5.41) is 17.1. The second-order valence-electron chi connectivity index (χ2n) is 25.6. The Balaban J connectivity index is 1.40. The molecule has 0 radical (unpaired) electrons. The molecule has 2 saturated heterocycles. The van der Waals surface area contributed by atoms with Crippen LogP contribution in [0.3, 0.4) is 0 Å². The number of carbonyl (C=O) groups is 2. The lowest BCUT2D eigenvalue weighted by Gasteiger charge is -2.49. The monoisotopic (exact) mass is 1230 g/mol. The minimum absolute atomic E-state index is 0.0210. The summed E-state index contributed by atoms with van der Waals surface area (Å²) in [4.78, 5) is 41.8. The number of carbonyl (C=O) groups excluding carboxylic acids is 2. The van der Waals surface area contributed by atoms with Gasteiger partial charge in [-0.05, 0) is 92.9 Å². The zero-order chi connectivity index (χ0) is 63.6. The smallest absolute Gasteiger partial charge is 0.408 e. The summed E-state index contributed by atoms with van der Waals surface area (Å²) in [5.74, 6) is -0.877. The van der Waals surface area contributed by atoms with Crippen molar-refractivity contribution >= 4 is 20.4 Å². The van der Waals surface area contributed by atoms with Crippen molar-refractivity contribution in [2.45, 2.75) is 224 Å². The maximum atomic E-state index is 14.4. The predicted molar refractivity (Wildman–Crippen MR) is 336 cm³/mol. The van der Waals surface area contributed by atoms with Crippen LogP contribution in [0.5, 0.6) is 0 Å². The number of hydrogen-bond donors (Lipinski definition) is 1. The van der Waals surface area contributed by atoms with Crippen molar-refractivity contribution in [2.24, 2.45) is 0 Å². The third-order valence-electron chi connectivity index (χ3n) is 15.6. The van der Waals surface area contributed by atoms with Crippen LogP contribution in [-0.2, 0) is 94.4 Å². The van der Waals surface area contributed by atoms with Gasteiger partial charge in [-0.25, -0.2) is 9.59 Å². The van der Waals surface area contributed by atoms with Gasteiger partial charge in [0.2, 0.25) is 6.29 Å². The molecule has 2 fully saturated rings. The van der Waals surface area contributed by atoms with E-state index >= 15 is 0 Å². The largest absolute Gasteiger partial charge is 0.458 e. The summed E-state index contributed by atoms with van der Waals surface area (Å²) in [6, 6.07) is 44.8. The predicted octanol–water partition coefficient (Wildman–Crippen LogP) is 12.9. The van der Waals surface area contributed by atoms with E-state index in [1.54, 1.807) is 41.5 Å². The van der Waals surface area contributed by atoms with E-state index in [4.69, 9.17) is 56.5 Å². The number of amides is 1. The summed E-state index contributed by atoms with van der Waals surface area (Å²) in [6.45, 7) is 25.0. The van der Waals surface area contributed by atoms with Gasteiger partial charge in [0.25, 0.3) is 6.04 Å². The Hall–Kier alpha value is -5.94. The number of esters is 1. The van der Waals surface area contributed by atoms with Gasteiger partial charge in [-0.15, -0.1) is 0 Å². The molecule has 0 unspecified atom stereocenters. The van der Waals surface area contributed by atoms with Gasteiger partial charge in [-0.1, -0.05) is 193 Å². The van der Waals surface area contributed by atoms with Crippen molar-refractivity contribution in [3.63, 3.8) is 0 Å². The average molecular weight is 1240 g/mol. The number of ether oxygens (including phenoxy) is 11. The first-order valence-electron chi connectivity index (χ1n) is 30.8. The molecule has 18 nitrogen and oxygen atoms in total. The second-order valence-corrected chi connectivity index (χ2v) is 31.1. The Morgan fingerprint density at radius 3 is 1.30 bits per heavy atom. The quantitative estimate of drug-likeness (QED) is 0.0197. The molecule has 7 rings (SSSR count). The number of nitrogens with one attached hydrogen (secondary N) is 1. The second kappa shape index (κ2) is 32.7. The van der Waals surface area contributed by atoms with Crippen LogP contribution in [0.4, 0.5) is 4.79 Å². The molecule has 88 heavy (non-hydrogen) atoms. The van der Waals surface area contributed by atoms with E-state index in [9.17, 15) is 19.7 Å². The molecule has 19 heteroatoms. The van der Waals surface area contributed by atoms with Gasteiger partial charge in [0.1, 0.15) is 47.8 Å². The molecule has 480 valence electrons. The molecule has 0 bridgehead atoms. The van der Waals surface area contributed by atoms with Crippen LogP contribution < -0.4 is 5.32 Å². The first-order valence-corrected chi connectivity index (χ1v) is 32.9. The highest BCUT2D eigenvalue weighted by Crippen LogP contribution is 2.44. The molecule has 2 aliphatic heterocycles. The van der Waals surface area contributed by atoms with Gasteiger partial charge in [-0.3, -0.25) is 10.1 Å². The Morgan fingerprint density at radius 2 is 0.886 bits per heavy atom. The van der Waals surface area contributed by atoms with Crippen LogP contribution in [0.15, 0.2) is 152 Å². The topological polar surface area (TPSA) is 200 Å². The van der Waals surface area contributed by atoms with Gasteiger partial charge in [0, 0.05) is 4.92 Å². The summed E-state index contributed by atoms with van der Waals surface area (Å²) in [6.07, 6.45) is -13.5. The third kappa shape index (κ3) is 20.0. The van der Waals surface area contributed by atoms with Crippen molar-refractivity contribution in [1.82, 2.24) is 5.32 Å².